The zero-order chi connectivity index (χ0) is 19.1. The van der Waals surface area contributed by atoms with E-state index in [4.69, 9.17) is 14.3 Å². The van der Waals surface area contributed by atoms with Crippen molar-refractivity contribution in [2.75, 3.05) is 0 Å². The fourth-order valence-electron chi connectivity index (χ4n) is 2.46. The Balaban J connectivity index is 1.96. The second-order valence-electron chi connectivity index (χ2n) is 6.05. The zero-order valence-corrected chi connectivity index (χ0v) is 15.0. The predicted molar refractivity (Wildman–Crippen MR) is 97.3 cm³/mol. The van der Waals surface area contributed by atoms with Gasteiger partial charge in [-0.1, -0.05) is 23.8 Å². The van der Waals surface area contributed by atoms with Crippen LogP contribution in [0.4, 0.5) is 0 Å². The molecule has 26 heavy (non-hydrogen) atoms. The Morgan fingerprint density at radius 2 is 2.08 bits per heavy atom. The number of nitrogens with one attached hydrogen (secondary N) is 1. The highest BCUT2D eigenvalue weighted by atomic mass is 16.5. The van der Waals surface area contributed by atoms with Crippen molar-refractivity contribution in [3.05, 3.63) is 65.6 Å². The molecule has 1 aromatic carbocycles. The van der Waals surface area contributed by atoms with Crippen LogP contribution in [-0.2, 0) is 11.4 Å². The van der Waals surface area contributed by atoms with Crippen LogP contribution in [0.15, 0.2) is 47.4 Å². The Morgan fingerprint density at radius 3 is 2.73 bits per heavy atom. The van der Waals surface area contributed by atoms with E-state index in [1.165, 1.54) is 6.07 Å². The van der Waals surface area contributed by atoms with Crippen LogP contribution in [0.3, 0.4) is 0 Å². The molecule has 0 aliphatic rings. The van der Waals surface area contributed by atoms with Gasteiger partial charge in [-0.2, -0.15) is 0 Å². The second kappa shape index (κ2) is 8.89. The summed E-state index contributed by atoms with van der Waals surface area (Å²) in [6, 6.07) is 8.02. The lowest BCUT2D eigenvalue weighted by Gasteiger charge is -2.12. The first-order chi connectivity index (χ1) is 12.4. The van der Waals surface area contributed by atoms with E-state index in [2.05, 4.69) is 11.9 Å². The van der Waals surface area contributed by atoms with Gasteiger partial charge in [0.05, 0.1) is 0 Å². The molecule has 6 heteroatoms. The summed E-state index contributed by atoms with van der Waals surface area (Å²) in [7, 11) is 0. The number of amides is 1. The van der Waals surface area contributed by atoms with E-state index in [0.717, 1.165) is 16.9 Å². The van der Waals surface area contributed by atoms with Gasteiger partial charge in [0.15, 0.2) is 5.76 Å². The third kappa shape index (κ3) is 5.24. The Kier molecular flexibility index (Phi) is 6.60. The van der Waals surface area contributed by atoms with E-state index < -0.39 is 17.9 Å². The summed E-state index contributed by atoms with van der Waals surface area (Å²) in [6.07, 6.45) is 2.37. The van der Waals surface area contributed by atoms with Crippen LogP contribution in [0.25, 0.3) is 0 Å². The number of benzene rings is 1. The Morgan fingerprint density at radius 1 is 1.31 bits per heavy atom. The van der Waals surface area contributed by atoms with Crippen molar-refractivity contribution in [2.45, 2.75) is 39.3 Å². The molecule has 138 valence electrons. The molecule has 0 saturated heterocycles. The molecule has 2 N–H and O–H groups in total. The quantitative estimate of drug-likeness (QED) is 0.669. The highest BCUT2D eigenvalue weighted by molar-refractivity contribution is 5.94. The van der Waals surface area contributed by atoms with Crippen LogP contribution < -0.4 is 10.1 Å². The topological polar surface area (TPSA) is 88.8 Å². The number of carbonyl (C=O) groups is 2. The summed E-state index contributed by atoms with van der Waals surface area (Å²) in [6.45, 7) is 7.69. The molecule has 0 radical (unpaired) electrons. The number of hydrogen-bond donors (Lipinski definition) is 2. The molecule has 0 bridgehead atoms. The minimum Gasteiger partial charge on any atom is -0.485 e. The molecule has 1 atom stereocenters. The largest absolute Gasteiger partial charge is 0.485 e. The lowest BCUT2D eigenvalue weighted by atomic mass is 10.1. The van der Waals surface area contributed by atoms with Gasteiger partial charge in [-0.25, -0.2) is 4.79 Å². The molecular formula is C20H23NO5. The molecule has 1 amide bonds. The normalized spacial score (nSPS) is 11.6. The monoisotopic (exact) mass is 357 g/mol. The molecule has 1 unspecified atom stereocenters. The molecule has 0 aliphatic carbocycles. The van der Waals surface area contributed by atoms with E-state index in [1.807, 2.05) is 32.0 Å². The van der Waals surface area contributed by atoms with Gasteiger partial charge < -0.3 is 19.6 Å². The van der Waals surface area contributed by atoms with Gasteiger partial charge in [-0.05, 0) is 50.5 Å². The van der Waals surface area contributed by atoms with Crippen molar-refractivity contribution in [1.29, 1.82) is 0 Å². The molecule has 0 spiro atoms. The third-order valence-electron chi connectivity index (χ3n) is 3.85. The zero-order valence-electron chi connectivity index (χ0n) is 15.0. The van der Waals surface area contributed by atoms with Crippen molar-refractivity contribution < 1.29 is 23.8 Å². The van der Waals surface area contributed by atoms with E-state index >= 15 is 0 Å². The summed E-state index contributed by atoms with van der Waals surface area (Å²) in [4.78, 5) is 23.4. The predicted octanol–water partition coefficient (Wildman–Crippen LogP) is 3.62. The number of aryl methyl sites for hydroxylation is 2. The summed E-state index contributed by atoms with van der Waals surface area (Å²) >= 11 is 0. The average Bonchev–Trinajstić information content (AvgIpc) is 3.06. The molecule has 0 fully saturated rings. The Labute approximate surface area is 152 Å². The molecular weight excluding hydrogens is 334 g/mol. The fraction of sp³-hybridized carbons (Fsp3) is 0.300. The van der Waals surface area contributed by atoms with Crippen LogP contribution >= 0.6 is 0 Å². The highest BCUT2D eigenvalue weighted by Crippen LogP contribution is 2.20. The maximum atomic E-state index is 12.2. The number of hydrogen-bond acceptors (Lipinski definition) is 4. The van der Waals surface area contributed by atoms with E-state index in [9.17, 15) is 9.59 Å². The summed E-state index contributed by atoms with van der Waals surface area (Å²) in [5, 5.41) is 11.6. The number of aliphatic carboxylic acids is 1. The van der Waals surface area contributed by atoms with Crippen LogP contribution in [0.1, 0.15) is 40.3 Å². The van der Waals surface area contributed by atoms with Gasteiger partial charge in [0.2, 0.25) is 0 Å². The van der Waals surface area contributed by atoms with Gasteiger partial charge in [0, 0.05) is 0 Å². The van der Waals surface area contributed by atoms with Gasteiger partial charge in [-0.3, -0.25) is 4.79 Å². The van der Waals surface area contributed by atoms with Crippen molar-refractivity contribution >= 4 is 11.9 Å². The number of carbonyl (C=O) groups excluding carboxylic acids is 1. The summed E-state index contributed by atoms with van der Waals surface area (Å²) < 4.78 is 11.2. The number of carboxylic acid groups (broad SMARTS) is 1. The minimum absolute atomic E-state index is 0.0501. The number of allylic oxidation sites excluding steroid dienone is 1. The molecule has 0 saturated carbocycles. The number of rotatable bonds is 9. The first-order valence-corrected chi connectivity index (χ1v) is 8.34. The number of carboxylic acids is 1. The molecule has 2 rings (SSSR count). The van der Waals surface area contributed by atoms with Crippen LogP contribution in [0.5, 0.6) is 5.75 Å². The first-order valence-electron chi connectivity index (χ1n) is 8.34. The van der Waals surface area contributed by atoms with Gasteiger partial charge in [0.25, 0.3) is 5.91 Å². The van der Waals surface area contributed by atoms with Crippen molar-refractivity contribution in [3.63, 3.8) is 0 Å². The van der Waals surface area contributed by atoms with Crippen LogP contribution in [0.2, 0.25) is 0 Å². The maximum absolute atomic E-state index is 12.2. The van der Waals surface area contributed by atoms with Crippen molar-refractivity contribution in [1.82, 2.24) is 5.32 Å². The van der Waals surface area contributed by atoms with E-state index in [1.54, 1.807) is 12.1 Å². The lowest BCUT2D eigenvalue weighted by Crippen LogP contribution is -2.40. The number of furan rings is 1. The molecule has 1 heterocycles. The van der Waals surface area contributed by atoms with Crippen LogP contribution in [0, 0.1) is 13.8 Å². The standard InChI is InChI=1S/C20H23NO5/c1-4-5-6-16(20(23)24)21-19(22)18-10-8-15(26-18)12-25-17-9-7-13(2)11-14(17)3/h4,7-11,16H,1,5-6,12H2,2-3H3,(H,21,22)(H,23,24). The molecule has 2 aromatic rings. The smallest absolute Gasteiger partial charge is 0.326 e. The minimum atomic E-state index is -1.09. The second-order valence-corrected chi connectivity index (χ2v) is 6.05. The third-order valence-corrected chi connectivity index (χ3v) is 3.85. The molecule has 6 nitrogen and oxygen atoms in total. The molecule has 1 aromatic heterocycles. The fourth-order valence-corrected chi connectivity index (χ4v) is 2.46. The van der Waals surface area contributed by atoms with Crippen LogP contribution in [-0.4, -0.2) is 23.0 Å². The van der Waals surface area contributed by atoms with Crippen molar-refractivity contribution in [3.8, 4) is 5.75 Å². The lowest BCUT2D eigenvalue weighted by molar-refractivity contribution is -0.139. The number of ether oxygens (including phenoxy) is 1. The Hall–Kier alpha value is -3.02. The average molecular weight is 357 g/mol. The Bertz CT molecular complexity index is 793. The highest BCUT2D eigenvalue weighted by Gasteiger charge is 2.21. The van der Waals surface area contributed by atoms with E-state index in [0.29, 0.717) is 12.2 Å². The summed E-state index contributed by atoms with van der Waals surface area (Å²) in [5.41, 5.74) is 2.16. The van der Waals surface area contributed by atoms with Gasteiger partial charge in [0.1, 0.15) is 24.2 Å². The molecule has 0 aliphatic heterocycles. The van der Waals surface area contributed by atoms with Crippen molar-refractivity contribution in [2.24, 2.45) is 0 Å². The van der Waals surface area contributed by atoms with E-state index in [-0.39, 0.29) is 18.8 Å². The maximum Gasteiger partial charge on any atom is 0.326 e. The SMILES string of the molecule is C=CCCC(NC(=O)c1ccc(COc2ccc(C)cc2C)o1)C(=O)O. The van der Waals surface area contributed by atoms with Gasteiger partial charge >= 0.3 is 5.97 Å². The van der Waals surface area contributed by atoms with Gasteiger partial charge in [-0.15, -0.1) is 6.58 Å². The summed E-state index contributed by atoms with van der Waals surface area (Å²) in [5.74, 6) is -0.389. The first kappa shape index (κ1) is 19.3.